The van der Waals surface area contributed by atoms with Gasteiger partial charge in [-0.15, -0.1) is 0 Å². The van der Waals surface area contributed by atoms with E-state index in [0.717, 1.165) is 17.8 Å². The summed E-state index contributed by atoms with van der Waals surface area (Å²) in [5.41, 5.74) is 9.84. The molecule has 4 atom stereocenters. The van der Waals surface area contributed by atoms with Crippen LogP contribution in [0.4, 0.5) is 0 Å². The summed E-state index contributed by atoms with van der Waals surface area (Å²) in [5.74, 6) is 0.607. The van der Waals surface area contributed by atoms with Gasteiger partial charge in [-0.1, -0.05) is 72.8 Å². The van der Waals surface area contributed by atoms with Crippen LogP contribution in [0.2, 0.25) is 0 Å². The second-order valence-electron chi connectivity index (χ2n) is 12.0. The van der Waals surface area contributed by atoms with E-state index in [1.165, 1.54) is 54.8 Å². The van der Waals surface area contributed by atoms with Crippen LogP contribution in [0.3, 0.4) is 0 Å². The van der Waals surface area contributed by atoms with Crippen molar-refractivity contribution in [1.29, 1.82) is 0 Å². The van der Waals surface area contributed by atoms with Gasteiger partial charge in [0.05, 0.1) is 12.2 Å². The number of hydrogen-bond donors (Lipinski definition) is 1. The highest BCUT2D eigenvalue weighted by Gasteiger charge is 2.35. The highest BCUT2D eigenvalue weighted by Crippen LogP contribution is 2.42. The van der Waals surface area contributed by atoms with Gasteiger partial charge in [0.1, 0.15) is 11.2 Å². The average molecular weight is 538 g/mol. The van der Waals surface area contributed by atoms with Crippen LogP contribution in [0, 0.1) is 13.8 Å². The fourth-order valence-corrected chi connectivity index (χ4v) is 7.42. The first-order valence-electron chi connectivity index (χ1n) is 14.8. The number of rotatable bonds is 4. The van der Waals surface area contributed by atoms with E-state index in [2.05, 4.69) is 140 Å². The quantitative estimate of drug-likeness (QED) is 0.244. The van der Waals surface area contributed by atoms with Gasteiger partial charge in [-0.25, -0.2) is 0 Å². The molecule has 1 N–H and O–H groups in total. The monoisotopic (exact) mass is 537 g/mol. The predicted octanol–water partition coefficient (Wildman–Crippen LogP) is 9.10. The highest BCUT2D eigenvalue weighted by atomic mass is 16.3. The molecule has 0 saturated heterocycles. The maximum Gasteiger partial charge on any atom is 0.139 e. The van der Waals surface area contributed by atoms with Crippen molar-refractivity contribution in [1.82, 2.24) is 14.8 Å². The van der Waals surface area contributed by atoms with Crippen molar-refractivity contribution < 1.29 is 4.42 Å². The Morgan fingerprint density at radius 2 is 1.27 bits per heavy atom. The molecule has 204 valence electrons. The maximum absolute atomic E-state index is 6.47. The van der Waals surface area contributed by atoms with Crippen molar-refractivity contribution in [2.24, 2.45) is 0 Å². The molecule has 0 saturated carbocycles. The fraction of sp³-hybridized carbons (Fsp3) is 0.243. The molecule has 8 rings (SSSR count). The number of fused-ring (bicyclic) bond motifs is 6. The molecule has 0 amide bonds. The molecule has 2 aromatic heterocycles. The molecule has 6 aromatic rings. The van der Waals surface area contributed by atoms with Crippen molar-refractivity contribution in [3.63, 3.8) is 0 Å². The number of hydrogen-bond acceptors (Lipinski definition) is 3. The molecule has 4 aromatic carbocycles. The normalized spacial score (nSPS) is 22.4. The van der Waals surface area contributed by atoms with Crippen LogP contribution in [-0.2, 0) is 0 Å². The Morgan fingerprint density at radius 3 is 2.02 bits per heavy atom. The van der Waals surface area contributed by atoms with Crippen LogP contribution in [0.1, 0.15) is 47.9 Å². The minimum atomic E-state index is 0.277. The minimum Gasteiger partial charge on any atom is -0.456 e. The first-order chi connectivity index (χ1) is 20.0. The van der Waals surface area contributed by atoms with Gasteiger partial charge in [-0.05, 0) is 68.9 Å². The lowest BCUT2D eigenvalue weighted by Gasteiger charge is -2.35. The van der Waals surface area contributed by atoms with E-state index in [1.807, 2.05) is 0 Å². The van der Waals surface area contributed by atoms with E-state index in [1.54, 1.807) is 0 Å². The molecule has 4 heterocycles. The van der Waals surface area contributed by atoms with Gasteiger partial charge in [-0.2, -0.15) is 0 Å². The van der Waals surface area contributed by atoms with E-state index in [4.69, 9.17) is 4.42 Å². The number of nitrogens with one attached hydrogen (secondary N) is 1. The van der Waals surface area contributed by atoms with Crippen molar-refractivity contribution in [3.8, 4) is 0 Å². The third kappa shape index (κ3) is 3.59. The molecule has 0 fully saturated rings. The number of nitrogens with zero attached hydrogens (tertiary/aromatic N) is 2. The molecular formula is C37H35N3O. The molecule has 0 bridgehead atoms. The van der Waals surface area contributed by atoms with E-state index >= 15 is 0 Å². The lowest BCUT2D eigenvalue weighted by molar-refractivity contribution is 0.164. The third-order valence-corrected chi connectivity index (χ3v) is 9.79. The topological polar surface area (TPSA) is 35.4 Å². The zero-order valence-corrected chi connectivity index (χ0v) is 24.1. The first-order valence-corrected chi connectivity index (χ1v) is 14.8. The van der Waals surface area contributed by atoms with Crippen LogP contribution >= 0.6 is 0 Å². The average Bonchev–Trinajstić information content (AvgIpc) is 3.73. The number of furan rings is 1. The first kappa shape index (κ1) is 24.4. The van der Waals surface area contributed by atoms with Crippen molar-refractivity contribution in [2.45, 2.75) is 51.6 Å². The zero-order valence-electron chi connectivity index (χ0n) is 24.1. The zero-order chi connectivity index (χ0) is 27.8. The number of aromatic nitrogens is 1. The molecular weight excluding hydrogens is 502 g/mol. The number of para-hydroxylation sites is 2. The van der Waals surface area contributed by atoms with Gasteiger partial charge in [0, 0.05) is 56.5 Å². The van der Waals surface area contributed by atoms with Gasteiger partial charge < -0.3 is 19.2 Å². The molecule has 0 radical (unpaired) electrons. The summed E-state index contributed by atoms with van der Waals surface area (Å²) in [4.78, 5) is 8.75. The van der Waals surface area contributed by atoms with Gasteiger partial charge in [0.25, 0.3) is 0 Å². The number of aryl methyl sites for hydroxylation is 2. The molecule has 4 heteroatoms. The number of H-pyrrole nitrogens is 1. The summed E-state index contributed by atoms with van der Waals surface area (Å²) in [5, 5.41) is 5.01. The molecule has 41 heavy (non-hydrogen) atoms. The SMILES string of the molecule is Cc1ccc2c([nH]c3ccccc32)c1C1C=CN(CN2C=CC(c3c(C)ccc4c3oc3ccccc34)[C@H]2C)[C@H]1C. The van der Waals surface area contributed by atoms with Crippen LogP contribution in [0.25, 0.3) is 43.7 Å². The number of benzene rings is 4. The van der Waals surface area contributed by atoms with Crippen molar-refractivity contribution in [3.05, 3.63) is 120 Å². The van der Waals surface area contributed by atoms with Crippen molar-refractivity contribution in [2.75, 3.05) is 6.67 Å². The molecule has 2 aliphatic rings. The van der Waals surface area contributed by atoms with E-state index in [-0.39, 0.29) is 5.92 Å². The Labute approximate surface area is 240 Å². The van der Waals surface area contributed by atoms with Gasteiger partial charge in [0.2, 0.25) is 0 Å². The molecule has 4 nitrogen and oxygen atoms in total. The van der Waals surface area contributed by atoms with Gasteiger partial charge in [-0.3, -0.25) is 0 Å². The highest BCUT2D eigenvalue weighted by molar-refractivity contribution is 6.09. The Morgan fingerprint density at radius 1 is 0.659 bits per heavy atom. The summed E-state index contributed by atoms with van der Waals surface area (Å²) in [6, 6.07) is 26.7. The second-order valence-corrected chi connectivity index (χ2v) is 12.0. The Kier molecular flexibility index (Phi) is 5.37. The molecule has 2 unspecified atom stereocenters. The molecule has 0 aliphatic carbocycles. The number of aromatic amines is 1. The Balaban J connectivity index is 1.08. The summed E-state index contributed by atoms with van der Waals surface area (Å²) in [6.45, 7) is 10.0. The largest absolute Gasteiger partial charge is 0.456 e. The summed E-state index contributed by atoms with van der Waals surface area (Å²) < 4.78 is 6.47. The smallest absolute Gasteiger partial charge is 0.139 e. The van der Waals surface area contributed by atoms with Gasteiger partial charge >= 0.3 is 0 Å². The van der Waals surface area contributed by atoms with Crippen LogP contribution < -0.4 is 0 Å². The predicted molar refractivity (Wildman–Crippen MR) is 170 cm³/mol. The third-order valence-electron chi connectivity index (χ3n) is 9.79. The van der Waals surface area contributed by atoms with Crippen molar-refractivity contribution >= 4 is 43.7 Å². The van der Waals surface area contributed by atoms with E-state index in [0.29, 0.717) is 18.0 Å². The van der Waals surface area contributed by atoms with Crippen LogP contribution in [0.15, 0.2) is 102 Å². The molecule has 0 spiro atoms. The van der Waals surface area contributed by atoms with E-state index in [9.17, 15) is 0 Å². The Hall–Kier alpha value is -4.44. The maximum atomic E-state index is 6.47. The standard InChI is InChI=1S/C37H35N3O/c1-22-13-15-30-28-9-5-7-11-32(28)38-36(30)34(22)26-17-19-39(24(26)3)21-40-20-18-27(25(40)4)35-23(2)14-16-31-29-10-6-8-12-33(29)41-37(31)35/h5-20,24-27,38H,21H2,1-4H3/t24-,25+,26?,27?/m0/s1. The van der Waals surface area contributed by atoms with Crippen LogP contribution in [0.5, 0.6) is 0 Å². The Bertz CT molecular complexity index is 1880. The van der Waals surface area contributed by atoms with Crippen LogP contribution in [-0.4, -0.2) is 33.5 Å². The van der Waals surface area contributed by atoms with E-state index < -0.39 is 0 Å². The fourth-order valence-electron chi connectivity index (χ4n) is 7.42. The van der Waals surface area contributed by atoms with Gasteiger partial charge in [0.15, 0.2) is 0 Å². The summed E-state index contributed by atoms with van der Waals surface area (Å²) >= 11 is 0. The summed E-state index contributed by atoms with van der Waals surface area (Å²) in [7, 11) is 0. The second kappa shape index (κ2) is 9.04. The molecule has 2 aliphatic heterocycles. The lowest BCUT2D eigenvalue weighted by atomic mass is 9.88. The lowest BCUT2D eigenvalue weighted by Crippen LogP contribution is -2.40. The minimum absolute atomic E-state index is 0.277. The summed E-state index contributed by atoms with van der Waals surface area (Å²) in [6.07, 6.45) is 9.39.